The number of hydrogen-bond acceptors (Lipinski definition) is 3. The van der Waals surface area contributed by atoms with Crippen LogP contribution in [-0.2, 0) is 13.6 Å². The van der Waals surface area contributed by atoms with Crippen molar-refractivity contribution in [1.82, 2.24) is 20.0 Å². The lowest BCUT2D eigenvalue weighted by atomic mass is 10.1. The van der Waals surface area contributed by atoms with E-state index in [0.29, 0.717) is 6.04 Å². The van der Waals surface area contributed by atoms with Crippen molar-refractivity contribution in [3.8, 4) is 0 Å². The average molecular weight is 329 g/mol. The van der Waals surface area contributed by atoms with Crippen molar-refractivity contribution in [2.75, 3.05) is 19.6 Å². The number of aromatic nitrogens is 2. The Kier molecular flexibility index (Phi) is 5.42. The number of likely N-dealkylation sites (tertiary alicyclic amines) is 1. The van der Waals surface area contributed by atoms with Gasteiger partial charge in [-0.05, 0) is 55.7 Å². The Morgan fingerprint density at radius 2 is 2.00 bits per heavy atom. The first-order valence-electron chi connectivity index (χ1n) is 7.21. The zero-order chi connectivity index (χ0) is 13.8. The van der Waals surface area contributed by atoms with Crippen LogP contribution >= 0.6 is 15.9 Å². The number of rotatable bonds is 5. The Morgan fingerprint density at radius 3 is 2.58 bits per heavy atom. The topological polar surface area (TPSA) is 33.1 Å². The number of nitrogens with zero attached hydrogens (tertiary/aromatic N) is 3. The van der Waals surface area contributed by atoms with E-state index in [9.17, 15) is 0 Å². The summed E-state index contributed by atoms with van der Waals surface area (Å²) in [6, 6.07) is 0.514. The summed E-state index contributed by atoms with van der Waals surface area (Å²) < 4.78 is 3.09. The maximum Gasteiger partial charge on any atom is 0.0739 e. The molecule has 0 spiro atoms. The molecule has 5 heteroatoms. The van der Waals surface area contributed by atoms with Crippen LogP contribution in [0.3, 0.4) is 0 Å². The quantitative estimate of drug-likeness (QED) is 0.901. The van der Waals surface area contributed by atoms with Gasteiger partial charge >= 0.3 is 0 Å². The van der Waals surface area contributed by atoms with Gasteiger partial charge in [-0.3, -0.25) is 4.68 Å². The van der Waals surface area contributed by atoms with Crippen LogP contribution < -0.4 is 5.32 Å². The van der Waals surface area contributed by atoms with E-state index in [-0.39, 0.29) is 0 Å². The lowest BCUT2D eigenvalue weighted by Crippen LogP contribution is -2.41. The van der Waals surface area contributed by atoms with E-state index in [1.165, 1.54) is 38.0 Å². The van der Waals surface area contributed by atoms with Gasteiger partial charge < -0.3 is 10.2 Å². The molecule has 0 amide bonds. The first-order valence-corrected chi connectivity index (χ1v) is 8.01. The highest BCUT2D eigenvalue weighted by molar-refractivity contribution is 9.10. The van der Waals surface area contributed by atoms with Crippen LogP contribution in [0, 0.1) is 6.92 Å². The highest BCUT2D eigenvalue weighted by Gasteiger charge is 2.15. The van der Waals surface area contributed by atoms with Gasteiger partial charge in [0.05, 0.1) is 15.9 Å². The third-order valence-corrected chi connectivity index (χ3v) is 4.89. The van der Waals surface area contributed by atoms with Crippen LogP contribution in [-0.4, -0.2) is 40.4 Å². The fourth-order valence-electron chi connectivity index (χ4n) is 2.74. The molecule has 1 saturated heterocycles. The van der Waals surface area contributed by atoms with E-state index >= 15 is 0 Å². The first kappa shape index (κ1) is 15.0. The fraction of sp³-hybridized carbons (Fsp3) is 0.786. The standard InChI is InChI=1S/C14H25BrN4/c1-11(10-19-7-5-4-6-8-19)16-9-13-14(15)12(2)17-18(13)3/h11,16H,4-10H2,1-3H3. The minimum atomic E-state index is 0.514. The third-order valence-electron chi connectivity index (χ3n) is 3.86. The Balaban J connectivity index is 1.80. The summed E-state index contributed by atoms with van der Waals surface area (Å²) in [4.78, 5) is 2.57. The van der Waals surface area contributed by atoms with Crippen LogP contribution in [0.2, 0.25) is 0 Å². The molecule has 1 aliphatic heterocycles. The van der Waals surface area contributed by atoms with E-state index in [0.717, 1.165) is 23.3 Å². The molecule has 1 N–H and O–H groups in total. The molecule has 0 radical (unpaired) electrons. The zero-order valence-electron chi connectivity index (χ0n) is 12.2. The number of halogens is 1. The van der Waals surface area contributed by atoms with Gasteiger partial charge in [0.15, 0.2) is 0 Å². The Bertz CT molecular complexity index is 410. The molecule has 4 nitrogen and oxygen atoms in total. The smallest absolute Gasteiger partial charge is 0.0739 e. The van der Waals surface area contributed by atoms with Crippen LogP contribution in [0.4, 0.5) is 0 Å². The minimum Gasteiger partial charge on any atom is -0.307 e. The fourth-order valence-corrected chi connectivity index (χ4v) is 3.21. The third kappa shape index (κ3) is 4.04. The summed E-state index contributed by atoms with van der Waals surface area (Å²) in [5, 5.41) is 8.03. The molecule has 2 heterocycles. The van der Waals surface area contributed by atoms with Crippen molar-refractivity contribution in [3.63, 3.8) is 0 Å². The molecular weight excluding hydrogens is 304 g/mol. The molecule has 108 valence electrons. The van der Waals surface area contributed by atoms with Crippen LogP contribution in [0.25, 0.3) is 0 Å². The summed E-state index contributed by atoms with van der Waals surface area (Å²) in [6.45, 7) is 8.85. The summed E-state index contributed by atoms with van der Waals surface area (Å²) in [5.41, 5.74) is 2.28. The second-order valence-corrected chi connectivity index (χ2v) is 6.41. The van der Waals surface area contributed by atoms with Crippen molar-refractivity contribution in [1.29, 1.82) is 0 Å². The molecule has 1 aliphatic rings. The van der Waals surface area contributed by atoms with Crippen LogP contribution in [0.15, 0.2) is 4.47 Å². The minimum absolute atomic E-state index is 0.514. The van der Waals surface area contributed by atoms with Crippen molar-refractivity contribution in [2.24, 2.45) is 7.05 Å². The summed E-state index contributed by atoms with van der Waals surface area (Å²) in [5.74, 6) is 0. The van der Waals surface area contributed by atoms with Crippen molar-refractivity contribution in [3.05, 3.63) is 15.9 Å². The molecule has 1 atom stereocenters. The van der Waals surface area contributed by atoms with E-state index in [2.05, 4.69) is 38.2 Å². The highest BCUT2D eigenvalue weighted by atomic mass is 79.9. The number of aryl methyl sites for hydroxylation is 2. The molecule has 0 aromatic carbocycles. The number of piperidine rings is 1. The molecule has 1 fully saturated rings. The highest BCUT2D eigenvalue weighted by Crippen LogP contribution is 2.20. The van der Waals surface area contributed by atoms with E-state index in [1.807, 2.05) is 18.7 Å². The molecule has 19 heavy (non-hydrogen) atoms. The predicted octanol–water partition coefficient (Wildman–Crippen LogP) is 2.46. The monoisotopic (exact) mass is 328 g/mol. The SMILES string of the molecule is Cc1nn(C)c(CNC(C)CN2CCCCC2)c1Br. The molecular formula is C14H25BrN4. The van der Waals surface area contributed by atoms with Gasteiger partial charge in [0.2, 0.25) is 0 Å². The summed E-state index contributed by atoms with van der Waals surface area (Å²) >= 11 is 3.62. The van der Waals surface area contributed by atoms with Gasteiger partial charge in [0.25, 0.3) is 0 Å². The molecule has 1 unspecified atom stereocenters. The molecule has 0 saturated carbocycles. The largest absolute Gasteiger partial charge is 0.307 e. The average Bonchev–Trinajstić information content (AvgIpc) is 2.62. The molecule has 0 aliphatic carbocycles. The summed E-state index contributed by atoms with van der Waals surface area (Å²) in [7, 11) is 2.00. The second kappa shape index (κ2) is 6.86. The summed E-state index contributed by atoms with van der Waals surface area (Å²) in [6.07, 6.45) is 4.12. The van der Waals surface area contributed by atoms with E-state index < -0.39 is 0 Å². The molecule has 1 aromatic heterocycles. The maximum atomic E-state index is 4.42. The molecule has 0 bridgehead atoms. The lowest BCUT2D eigenvalue weighted by molar-refractivity contribution is 0.208. The number of hydrogen-bond donors (Lipinski definition) is 1. The van der Waals surface area contributed by atoms with Gasteiger partial charge in [-0.25, -0.2) is 0 Å². The molecule has 1 aromatic rings. The van der Waals surface area contributed by atoms with E-state index in [1.54, 1.807) is 0 Å². The van der Waals surface area contributed by atoms with Crippen molar-refractivity contribution in [2.45, 2.75) is 45.7 Å². The van der Waals surface area contributed by atoms with Gasteiger partial charge in [-0.15, -0.1) is 0 Å². The Morgan fingerprint density at radius 1 is 1.32 bits per heavy atom. The van der Waals surface area contributed by atoms with Gasteiger partial charge in [-0.1, -0.05) is 6.42 Å². The van der Waals surface area contributed by atoms with Crippen molar-refractivity contribution >= 4 is 15.9 Å². The van der Waals surface area contributed by atoms with E-state index in [4.69, 9.17) is 0 Å². The Labute approximate surface area is 124 Å². The number of nitrogens with one attached hydrogen (secondary N) is 1. The van der Waals surface area contributed by atoms with Gasteiger partial charge in [0.1, 0.15) is 0 Å². The Hall–Kier alpha value is -0.390. The zero-order valence-corrected chi connectivity index (χ0v) is 13.8. The predicted molar refractivity (Wildman–Crippen MR) is 82.2 cm³/mol. The second-order valence-electron chi connectivity index (χ2n) is 5.61. The van der Waals surface area contributed by atoms with Crippen molar-refractivity contribution < 1.29 is 0 Å². The van der Waals surface area contributed by atoms with Crippen LogP contribution in [0.1, 0.15) is 37.6 Å². The normalized spacial score (nSPS) is 18.7. The van der Waals surface area contributed by atoms with Crippen LogP contribution in [0.5, 0.6) is 0 Å². The molecule has 2 rings (SSSR count). The van der Waals surface area contributed by atoms with Gasteiger partial charge in [-0.2, -0.15) is 5.10 Å². The van der Waals surface area contributed by atoms with Gasteiger partial charge in [0, 0.05) is 26.2 Å². The first-order chi connectivity index (χ1) is 9.08. The maximum absolute atomic E-state index is 4.42. The lowest BCUT2D eigenvalue weighted by Gasteiger charge is -2.29.